The average molecular weight is 408 g/mol. The molecule has 1 atom stereocenters. The fraction of sp³-hybridized carbons (Fsp3) is 0.381. The largest absolute Gasteiger partial charge is 4.00 e. The Bertz CT molecular complexity index is 707. The van der Waals surface area contributed by atoms with Crippen molar-refractivity contribution in [3.05, 3.63) is 66.4 Å². The summed E-state index contributed by atoms with van der Waals surface area (Å²) >= 11 is 1.90. The fourth-order valence-electron chi connectivity index (χ4n) is 3.13. The van der Waals surface area contributed by atoms with Crippen LogP contribution in [0.3, 0.4) is 0 Å². The first-order chi connectivity index (χ1) is 10.1. The number of thiophene rings is 1. The van der Waals surface area contributed by atoms with Gasteiger partial charge in [-0.1, -0.05) is 45.1 Å². The molecule has 3 rings (SSSR count). The van der Waals surface area contributed by atoms with Crippen molar-refractivity contribution in [3.8, 4) is 0 Å². The van der Waals surface area contributed by atoms with Crippen molar-refractivity contribution < 1.29 is 21.7 Å². The zero-order valence-electron chi connectivity index (χ0n) is 17.3. The second kappa shape index (κ2) is 10.2. The van der Waals surface area contributed by atoms with Crippen molar-refractivity contribution in [2.24, 2.45) is 0 Å². The van der Waals surface area contributed by atoms with E-state index in [-0.39, 0.29) is 36.6 Å². The van der Waals surface area contributed by atoms with Gasteiger partial charge in [0.05, 0.1) is 0 Å². The molecule has 1 N–H and O–H groups in total. The maximum atomic E-state index is 8.57. The van der Waals surface area contributed by atoms with Gasteiger partial charge in [-0.3, -0.25) is 0 Å². The van der Waals surface area contributed by atoms with E-state index < -0.39 is 8.24 Å². The fourth-order valence-corrected chi connectivity index (χ4v) is 7.62. The summed E-state index contributed by atoms with van der Waals surface area (Å²) in [6, 6.07) is 8.66. The Morgan fingerprint density at radius 2 is 1.52 bits per heavy atom. The molecule has 0 bridgehead atoms. The van der Waals surface area contributed by atoms with E-state index in [1.165, 1.54) is 37.6 Å². The van der Waals surface area contributed by atoms with Crippen LogP contribution in [0, 0.1) is 20.8 Å². The molecule has 0 saturated carbocycles. The van der Waals surface area contributed by atoms with E-state index in [4.69, 9.17) is 5.40 Å². The number of fused-ring (bicyclic) bond motifs is 3. The van der Waals surface area contributed by atoms with Gasteiger partial charge in [-0.25, -0.2) is 0 Å². The van der Waals surface area contributed by atoms with Gasteiger partial charge in [-0.15, -0.1) is 11.3 Å². The SMILES string of the molecule is CC1=C(C)C([Si](C)(C)[NH-])c2sc3ccccc3c21.C[C-](C)C.[CH3-].[CH3-].[Ti+4]. The predicted octanol–water partition coefficient (Wildman–Crippen LogP) is 8.11. The first-order valence-electron chi connectivity index (χ1n) is 7.85. The van der Waals surface area contributed by atoms with Crippen molar-refractivity contribution in [1.29, 1.82) is 0 Å². The Hall–Kier alpha value is -0.189. The number of rotatable bonds is 1. The number of nitrogens with one attached hydrogen (secondary N) is 1. The Kier molecular flexibility index (Phi) is 11.1. The summed E-state index contributed by atoms with van der Waals surface area (Å²) in [4.78, 5) is 1.46. The topological polar surface area (TPSA) is 23.8 Å². The van der Waals surface area contributed by atoms with Gasteiger partial charge in [0.25, 0.3) is 0 Å². The molecule has 0 spiro atoms. The van der Waals surface area contributed by atoms with Crippen molar-refractivity contribution >= 4 is 35.2 Å². The maximum absolute atomic E-state index is 8.57. The number of benzene rings is 1. The smallest absolute Gasteiger partial charge is 0.679 e. The normalized spacial score (nSPS) is 15.6. The molecule has 4 heteroatoms. The van der Waals surface area contributed by atoms with Gasteiger partial charge in [-0.05, 0) is 36.6 Å². The summed E-state index contributed by atoms with van der Waals surface area (Å²) in [6.45, 7) is 15.0. The summed E-state index contributed by atoms with van der Waals surface area (Å²) in [7, 11) is -1.94. The molecule has 1 heterocycles. The molecule has 1 aliphatic carbocycles. The molecular formula is C21H33NSSiTi. The van der Waals surface area contributed by atoms with Crippen LogP contribution in [-0.4, -0.2) is 8.24 Å². The molecule has 1 unspecified atom stereocenters. The number of hydrogen-bond acceptors (Lipinski definition) is 1. The van der Waals surface area contributed by atoms with Gasteiger partial charge in [0.15, 0.2) is 0 Å². The van der Waals surface area contributed by atoms with Crippen LogP contribution in [0.2, 0.25) is 13.1 Å². The van der Waals surface area contributed by atoms with Gasteiger partial charge >= 0.3 is 21.7 Å². The van der Waals surface area contributed by atoms with Crippen molar-refractivity contribution in [3.63, 3.8) is 0 Å². The third kappa shape index (κ3) is 5.64. The molecule has 136 valence electrons. The Labute approximate surface area is 176 Å². The maximum Gasteiger partial charge on any atom is 4.00 e. The quantitative estimate of drug-likeness (QED) is 0.337. The van der Waals surface area contributed by atoms with Crippen LogP contribution in [0.15, 0.2) is 29.8 Å². The van der Waals surface area contributed by atoms with E-state index in [0.717, 1.165) is 0 Å². The molecule has 1 aromatic carbocycles. The minimum absolute atomic E-state index is 0. The minimum atomic E-state index is -1.94. The van der Waals surface area contributed by atoms with Crippen LogP contribution in [0.5, 0.6) is 0 Å². The van der Waals surface area contributed by atoms with Crippen molar-refractivity contribution in [1.82, 2.24) is 0 Å². The molecule has 0 amide bonds. The molecule has 0 saturated heterocycles. The molecule has 1 aromatic heterocycles. The summed E-state index contributed by atoms with van der Waals surface area (Å²) in [5.74, 6) is 1.42. The predicted molar refractivity (Wildman–Crippen MR) is 118 cm³/mol. The second-order valence-electron chi connectivity index (χ2n) is 7.30. The van der Waals surface area contributed by atoms with Crippen molar-refractivity contribution in [2.45, 2.75) is 53.3 Å². The zero-order valence-corrected chi connectivity index (χ0v) is 20.7. The zero-order chi connectivity index (χ0) is 16.7. The molecule has 1 nitrogen and oxygen atoms in total. The van der Waals surface area contributed by atoms with E-state index in [1.54, 1.807) is 0 Å². The molecule has 0 fully saturated rings. The van der Waals surface area contributed by atoms with E-state index in [1.807, 2.05) is 11.3 Å². The van der Waals surface area contributed by atoms with Crippen molar-refractivity contribution in [2.75, 3.05) is 0 Å². The van der Waals surface area contributed by atoms with Gasteiger partial charge in [0, 0.05) is 15.0 Å². The van der Waals surface area contributed by atoms with Crippen LogP contribution < -0.4 is 0 Å². The van der Waals surface area contributed by atoms with Gasteiger partial charge < -0.3 is 26.2 Å². The molecule has 0 aliphatic heterocycles. The van der Waals surface area contributed by atoms with Gasteiger partial charge in [0.2, 0.25) is 0 Å². The van der Waals surface area contributed by atoms with Crippen LogP contribution in [-0.2, 0) is 21.7 Å². The summed E-state index contributed by atoms with van der Waals surface area (Å²) in [6.07, 6.45) is 0. The summed E-state index contributed by atoms with van der Waals surface area (Å²) in [5, 5.41) is 9.95. The van der Waals surface area contributed by atoms with Crippen LogP contribution in [0.25, 0.3) is 21.1 Å². The van der Waals surface area contributed by atoms with E-state index in [2.05, 4.69) is 72.0 Å². The Morgan fingerprint density at radius 3 is 2.00 bits per heavy atom. The minimum Gasteiger partial charge on any atom is -0.679 e. The average Bonchev–Trinajstić information content (AvgIpc) is 2.84. The van der Waals surface area contributed by atoms with Crippen LogP contribution in [0.1, 0.15) is 50.6 Å². The number of hydrogen-bond donors (Lipinski definition) is 0. The molecular weight excluding hydrogens is 374 g/mol. The monoisotopic (exact) mass is 407 g/mol. The third-order valence-corrected chi connectivity index (χ3v) is 7.62. The van der Waals surface area contributed by atoms with Crippen LogP contribution >= 0.6 is 11.3 Å². The van der Waals surface area contributed by atoms with Crippen LogP contribution in [0.4, 0.5) is 0 Å². The Morgan fingerprint density at radius 1 is 1.04 bits per heavy atom. The Balaban J connectivity index is 0. The molecule has 25 heavy (non-hydrogen) atoms. The second-order valence-corrected chi connectivity index (χ2v) is 12.4. The van der Waals surface area contributed by atoms with E-state index >= 15 is 0 Å². The van der Waals surface area contributed by atoms with Gasteiger partial charge in [0.1, 0.15) is 0 Å². The molecule has 2 aromatic rings. The summed E-state index contributed by atoms with van der Waals surface area (Å²) < 4.78 is 1.37. The first-order valence-corrected chi connectivity index (χ1v) is 11.7. The molecule has 0 radical (unpaired) electrons. The standard InChI is InChI=1S/C15H18NSSi.C4H9.2CH3.Ti/c1-9-10(2)15(18(3,4)16)14-13(9)11-7-5-6-8-12(11)17-14;1-4(2)3;;;/h5-8,15-16H,1-4H3;1-3H3;2*1H3;/q4*-1;+4. The third-order valence-electron chi connectivity index (χ3n) is 4.01. The van der Waals surface area contributed by atoms with E-state index in [0.29, 0.717) is 5.54 Å². The van der Waals surface area contributed by atoms with E-state index in [9.17, 15) is 0 Å². The summed E-state index contributed by atoms with van der Waals surface area (Å²) in [5.41, 5.74) is 4.68. The van der Waals surface area contributed by atoms with Gasteiger partial charge in [-0.2, -0.15) is 20.8 Å². The first kappa shape index (κ1) is 27.0. The number of allylic oxidation sites excluding steroid dienone is 2. The molecule has 1 aliphatic rings.